The summed E-state index contributed by atoms with van der Waals surface area (Å²) in [4.78, 5) is 28.3. The molecule has 1 aromatic heterocycles. The van der Waals surface area contributed by atoms with Crippen molar-refractivity contribution in [3.63, 3.8) is 0 Å². The van der Waals surface area contributed by atoms with Gasteiger partial charge in [0.15, 0.2) is 10.9 Å². The molecule has 3 aromatic rings. The van der Waals surface area contributed by atoms with E-state index in [1.54, 1.807) is 37.6 Å². The third-order valence-electron chi connectivity index (χ3n) is 4.17. The van der Waals surface area contributed by atoms with Crippen molar-refractivity contribution >= 4 is 29.1 Å². The highest BCUT2D eigenvalue weighted by molar-refractivity contribution is 8.00. The molecule has 0 aliphatic carbocycles. The summed E-state index contributed by atoms with van der Waals surface area (Å²) >= 11 is 1.37. The summed E-state index contributed by atoms with van der Waals surface area (Å²) in [6, 6.07) is 14.5. The summed E-state index contributed by atoms with van der Waals surface area (Å²) in [5.41, 5.74) is 2.20. The SMILES string of the molecule is COc1ccc(-n2ccnc2SC(C)C(=O)Nc2ccc(C(C)=O)cc2)cc1. The first-order valence-corrected chi connectivity index (χ1v) is 9.62. The Morgan fingerprint density at radius 1 is 1.11 bits per heavy atom. The smallest absolute Gasteiger partial charge is 0.237 e. The fourth-order valence-electron chi connectivity index (χ4n) is 2.56. The second kappa shape index (κ2) is 8.75. The fourth-order valence-corrected chi connectivity index (χ4v) is 3.44. The Morgan fingerprint density at radius 3 is 2.39 bits per heavy atom. The summed E-state index contributed by atoms with van der Waals surface area (Å²) in [5.74, 6) is 0.638. The average molecular weight is 395 g/mol. The predicted octanol–water partition coefficient (Wildman–Crippen LogP) is 4.20. The van der Waals surface area contributed by atoms with Gasteiger partial charge < -0.3 is 10.1 Å². The summed E-state index contributed by atoms with van der Waals surface area (Å²) < 4.78 is 7.11. The number of nitrogens with one attached hydrogen (secondary N) is 1. The normalized spacial score (nSPS) is 11.7. The van der Waals surface area contributed by atoms with Gasteiger partial charge in [0.2, 0.25) is 5.91 Å². The number of thioether (sulfide) groups is 1. The first-order chi connectivity index (χ1) is 13.5. The number of ether oxygens (including phenoxy) is 1. The van der Waals surface area contributed by atoms with Gasteiger partial charge in [-0.1, -0.05) is 11.8 Å². The molecule has 0 spiro atoms. The van der Waals surface area contributed by atoms with Gasteiger partial charge in [-0.3, -0.25) is 14.2 Å². The standard InChI is InChI=1S/C21H21N3O3S/c1-14(25)16-4-6-17(7-5-16)23-20(26)15(2)28-21-22-12-13-24(21)18-8-10-19(27-3)11-9-18/h4-13,15H,1-3H3,(H,23,26). The van der Waals surface area contributed by atoms with E-state index in [2.05, 4.69) is 10.3 Å². The van der Waals surface area contributed by atoms with Gasteiger partial charge in [0.25, 0.3) is 0 Å². The summed E-state index contributed by atoms with van der Waals surface area (Å²) in [6.07, 6.45) is 3.56. The second-order valence-corrected chi connectivity index (χ2v) is 7.47. The monoisotopic (exact) mass is 395 g/mol. The maximum atomic E-state index is 12.5. The van der Waals surface area contributed by atoms with Crippen LogP contribution in [0.2, 0.25) is 0 Å². The van der Waals surface area contributed by atoms with E-state index in [0.29, 0.717) is 11.3 Å². The number of anilines is 1. The summed E-state index contributed by atoms with van der Waals surface area (Å²) in [5, 5.41) is 3.24. The number of methoxy groups -OCH3 is 1. The number of Topliss-reactive ketones (excluding diaryl/α,β-unsaturated/α-hetero) is 1. The van der Waals surface area contributed by atoms with Gasteiger partial charge in [-0.25, -0.2) is 4.98 Å². The van der Waals surface area contributed by atoms with Crippen molar-refractivity contribution in [2.24, 2.45) is 0 Å². The van der Waals surface area contributed by atoms with E-state index < -0.39 is 0 Å². The van der Waals surface area contributed by atoms with Gasteiger partial charge in [-0.05, 0) is 62.4 Å². The minimum Gasteiger partial charge on any atom is -0.497 e. The van der Waals surface area contributed by atoms with Gasteiger partial charge in [-0.2, -0.15) is 0 Å². The van der Waals surface area contributed by atoms with Gasteiger partial charge >= 0.3 is 0 Å². The topological polar surface area (TPSA) is 73.2 Å². The molecule has 3 rings (SSSR count). The molecule has 7 heteroatoms. The summed E-state index contributed by atoms with van der Waals surface area (Å²) in [6.45, 7) is 3.34. The van der Waals surface area contributed by atoms with E-state index in [1.807, 2.05) is 42.0 Å². The number of rotatable bonds is 7. The molecule has 0 radical (unpaired) electrons. The number of hydrogen-bond acceptors (Lipinski definition) is 5. The summed E-state index contributed by atoms with van der Waals surface area (Å²) in [7, 11) is 1.63. The highest BCUT2D eigenvalue weighted by Crippen LogP contribution is 2.26. The van der Waals surface area contributed by atoms with Crippen molar-refractivity contribution in [3.05, 3.63) is 66.5 Å². The van der Waals surface area contributed by atoms with Crippen LogP contribution in [0.15, 0.2) is 66.1 Å². The molecule has 1 N–H and O–H groups in total. The molecule has 0 saturated carbocycles. The molecule has 0 saturated heterocycles. The third-order valence-corrected chi connectivity index (χ3v) is 5.25. The van der Waals surface area contributed by atoms with Gasteiger partial charge in [0, 0.05) is 29.3 Å². The van der Waals surface area contributed by atoms with Crippen LogP contribution in [0, 0.1) is 0 Å². The minimum atomic E-state index is -0.355. The Balaban J connectivity index is 1.67. The highest BCUT2D eigenvalue weighted by atomic mass is 32.2. The van der Waals surface area contributed by atoms with Crippen LogP contribution in [0.5, 0.6) is 5.75 Å². The number of carbonyl (C=O) groups excluding carboxylic acids is 2. The molecule has 6 nitrogen and oxygen atoms in total. The quantitative estimate of drug-likeness (QED) is 0.479. The molecule has 1 heterocycles. The van der Waals surface area contributed by atoms with Crippen LogP contribution >= 0.6 is 11.8 Å². The van der Waals surface area contributed by atoms with Crippen LogP contribution in [0.4, 0.5) is 5.69 Å². The van der Waals surface area contributed by atoms with Crippen LogP contribution in [-0.4, -0.2) is 33.6 Å². The molecule has 1 unspecified atom stereocenters. The molecule has 0 fully saturated rings. The van der Waals surface area contributed by atoms with Crippen LogP contribution in [0.1, 0.15) is 24.2 Å². The minimum absolute atomic E-state index is 0.00725. The molecule has 144 valence electrons. The lowest BCUT2D eigenvalue weighted by atomic mass is 10.1. The molecular weight excluding hydrogens is 374 g/mol. The van der Waals surface area contributed by atoms with Crippen LogP contribution in [0.3, 0.4) is 0 Å². The average Bonchev–Trinajstić information content (AvgIpc) is 3.16. The Bertz CT molecular complexity index is 965. The van der Waals surface area contributed by atoms with E-state index >= 15 is 0 Å². The number of carbonyl (C=O) groups is 2. The van der Waals surface area contributed by atoms with E-state index in [4.69, 9.17) is 4.74 Å². The molecule has 1 amide bonds. The van der Waals surface area contributed by atoms with Crippen molar-refractivity contribution in [1.82, 2.24) is 9.55 Å². The van der Waals surface area contributed by atoms with Gasteiger partial charge in [0.1, 0.15) is 5.75 Å². The first-order valence-electron chi connectivity index (χ1n) is 8.74. The molecule has 0 bridgehead atoms. The van der Waals surface area contributed by atoms with Crippen molar-refractivity contribution < 1.29 is 14.3 Å². The lowest BCUT2D eigenvalue weighted by molar-refractivity contribution is -0.115. The number of benzene rings is 2. The van der Waals surface area contributed by atoms with E-state index in [0.717, 1.165) is 16.6 Å². The Hall–Kier alpha value is -3.06. The molecule has 0 aliphatic rings. The van der Waals surface area contributed by atoms with E-state index in [9.17, 15) is 9.59 Å². The molecule has 2 aromatic carbocycles. The van der Waals surface area contributed by atoms with Crippen LogP contribution in [-0.2, 0) is 4.79 Å². The molecule has 28 heavy (non-hydrogen) atoms. The van der Waals surface area contributed by atoms with Gasteiger partial charge in [0.05, 0.1) is 12.4 Å². The number of hydrogen-bond donors (Lipinski definition) is 1. The number of aromatic nitrogens is 2. The number of ketones is 1. The lowest BCUT2D eigenvalue weighted by Crippen LogP contribution is -2.22. The number of nitrogens with zero attached hydrogens (tertiary/aromatic N) is 2. The number of amides is 1. The van der Waals surface area contributed by atoms with Gasteiger partial charge in [-0.15, -0.1) is 0 Å². The Morgan fingerprint density at radius 2 is 1.79 bits per heavy atom. The largest absolute Gasteiger partial charge is 0.497 e. The zero-order valence-corrected chi connectivity index (χ0v) is 16.7. The van der Waals surface area contributed by atoms with Crippen LogP contribution in [0.25, 0.3) is 5.69 Å². The fraction of sp³-hybridized carbons (Fsp3) is 0.190. The maximum Gasteiger partial charge on any atom is 0.237 e. The third kappa shape index (κ3) is 4.61. The van der Waals surface area contributed by atoms with Crippen molar-refractivity contribution in [1.29, 1.82) is 0 Å². The van der Waals surface area contributed by atoms with Crippen molar-refractivity contribution in [2.75, 3.05) is 12.4 Å². The molecule has 1 atom stereocenters. The Labute approximate surface area is 167 Å². The predicted molar refractivity (Wildman–Crippen MR) is 111 cm³/mol. The zero-order valence-electron chi connectivity index (χ0n) is 15.9. The molecular formula is C21H21N3O3S. The Kier molecular flexibility index (Phi) is 6.16. The van der Waals surface area contributed by atoms with E-state index in [-0.39, 0.29) is 16.9 Å². The highest BCUT2D eigenvalue weighted by Gasteiger charge is 2.18. The van der Waals surface area contributed by atoms with E-state index in [1.165, 1.54) is 18.7 Å². The van der Waals surface area contributed by atoms with Crippen molar-refractivity contribution in [2.45, 2.75) is 24.3 Å². The van der Waals surface area contributed by atoms with Crippen LogP contribution < -0.4 is 10.1 Å². The first kappa shape index (κ1) is 19.7. The number of imidazole rings is 1. The maximum absolute atomic E-state index is 12.5. The second-order valence-electron chi connectivity index (χ2n) is 6.16. The zero-order chi connectivity index (χ0) is 20.1. The lowest BCUT2D eigenvalue weighted by Gasteiger charge is -2.13. The van der Waals surface area contributed by atoms with Crippen molar-refractivity contribution in [3.8, 4) is 11.4 Å². The molecule has 0 aliphatic heterocycles.